The normalized spacial score (nSPS) is 15.4. The van der Waals surface area contributed by atoms with Crippen molar-refractivity contribution in [2.75, 3.05) is 7.11 Å². The Morgan fingerprint density at radius 2 is 1.50 bits per heavy atom. The highest BCUT2D eigenvalue weighted by atomic mass is 16.5. The van der Waals surface area contributed by atoms with Gasteiger partial charge in [-0.2, -0.15) is 10.5 Å². The first-order valence-corrected chi connectivity index (χ1v) is 6.25. The van der Waals surface area contributed by atoms with Crippen LogP contribution in [0.15, 0.2) is 46.8 Å². The third-order valence-corrected chi connectivity index (χ3v) is 3.45. The number of nitrogens with one attached hydrogen (secondary N) is 1. The number of methoxy groups -OCH3 is 1. The lowest BCUT2D eigenvalue weighted by atomic mass is 9.82. The van der Waals surface area contributed by atoms with E-state index in [2.05, 4.69) is 17.5 Å². The van der Waals surface area contributed by atoms with Crippen molar-refractivity contribution in [1.82, 2.24) is 5.32 Å². The summed E-state index contributed by atoms with van der Waals surface area (Å²) in [7, 11) is 1.61. The summed E-state index contributed by atoms with van der Waals surface area (Å²) in [6.45, 7) is 3.71. The topological polar surface area (TPSA) is 68.8 Å². The molecule has 0 fully saturated rings. The fraction of sp³-hybridized carbons (Fsp3) is 0.250. The smallest absolute Gasteiger partial charge is 0.118 e. The van der Waals surface area contributed by atoms with Gasteiger partial charge in [0.1, 0.15) is 5.75 Å². The molecule has 0 atom stereocenters. The maximum atomic E-state index is 9.39. The molecule has 0 radical (unpaired) electrons. The molecule has 0 aromatic heterocycles. The van der Waals surface area contributed by atoms with E-state index in [0.29, 0.717) is 11.1 Å². The molecule has 1 aromatic rings. The summed E-state index contributed by atoms with van der Waals surface area (Å²) in [6, 6.07) is 11.9. The summed E-state index contributed by atoms with van der Waals surface area (Å²) in [6.07, 6.45) is 0. The van der Waals surface area contributed by atoms with Crippen LogP contribution in [0.2, 0.25) is 0 Å². The average molecular weight is 265 g/mol. The van der Waals surface area contributed by atoms with Gasteiger partial charge in [-0.05, 0) is 31.5 Å². The second-order valence-corrected chi connectivity index (χ2v) is 4.63. The Kier molecular flexibility index (Phi) is 3.77. The van der Waals surface area contributed by atoms with Crippen LogP contribution in [0.5, 0.6) is 5.75 Å². The number of ether oxygens (including phenoxy) is 1. The average Bonchev–Trinajstić information content (AvgIpc) is 2.46. The minimum absolute atomic E-state index is 0.308. The molecule has 1 aliphatic rings. The molecule has 1 aliphatic heterocycles. The SMILES string of the molecule is COc1ccc(C2C(C#N)=C(C)NC(C)=C2C#N)cc1. The van der Waals surface area contributed by atoms with Crippen molar-refractivity contribution in [2.45, 2.75) is 19.8 Å². The van der Waals surface area contributed by atoms with Crippen LogP contribution in [-0.2, 0) is 0 Å². The zero-order valence-electron chi connectivity index (χ0n) is 11.7. The van der Waals surface area contributed by atoms with Gasteiger partial charge in [-0.1, -0.05) is 12.1 Å². The summed E-state index contributed by atoms with van der Waals surface area (Å²) in [5.74, 6) is 0.443. The third-order valence-electron chi connectivity index (χ3n) is 3.45. The Labute approximate surface area is 118 Å². The first kappa shape index (κ1) is 13.7. The van der Waals surface area contributed by atoms with Gasteiger partial charge >= 0.3 is 0 Å². The Bertz CT molecular complexity index is 633. The molecule has 4 nitrogen and oxygen atoms in total. The van der Waals surface area contributed by atoms with Crippen molar-refractivity contribution in [3.8, 4) is 17.9 Å². The second-order valence-electron chi connectivity index (χ2n) is 4.63. The maximum absolute atomic E-state index is 9.39. The number of nitrogens with zero attached hydrogens (tertiary/aromatic N) is 2. The summed E-state index contributed by atoms with van der Waals surface area (Å²) in [4.78, 5) is 0. The van der Waals surface area contributed by atoms with E-state index >= 15 is 0 Å². The molecule has 0 aliphatic carbocycles. The van der Waals surface area contributed by atoms with Gasteiger partial charge in [-0.3, -0.25) is 0 Å². The second kappa shape index (κ2) is 5.50. The fourth-order valence-electron chi connectivity index (χ4n) is 2.42. The van der Waals surface area contributed by atoms with E-state index in [4.69, 9.17) is 4.74 Å². The number of dihydropyridines is 1. The van der Waals surface area contributed by atoms with Crippen LogP contribution >= 0.6 is 0 Å². The van der Waals surface area contributed by atoms with Crippen LogP contribution in [0.3, 0.4) is 0 Å². The first-order chi connectivity index (χ1) is 9.62. The Morgan fingerprint density at radius 1 is 1.00 bits per heavy atom. The molecule has 1 N–H and O–H groups in total. The van der Waals surface area contributed by atoms with Crippen molar-refractivity contribution in [3.63, 3.8) is 0 Å². The van der Waals surface area contributed by atoms with E-state index in [1.165, 1.54) is 0 Å². The predicted octanol–water partition coefficient (Wildman–Crippen LogP) is 2.98. The van der Waals surface area contributed by atoms with Crippen LogP contribution in [0.1, 0.15) is 25.3 Å². The van der Waals surface area contributed by atoms with Gasteiger partial charge in [-0.15, -0.1) is 0 Å². The van der Waals surface area contributed by atoms with E-state index in [1.54, 1.807) is 7.11 Å². The van der Waals surface area contributed by atoms with Crippen molar-refractivity contribution >= 4 is 0 Å². The number of hydrogen-bond donors (Lipinski definition) is 1. The summed E-state index contributed by atoms with van der Waals surface area (Å²) in [5, 5.41) is 21.9. The Morgan fingerprint density at radius 3 is 1.90 bits per heavy atom. The molecule has 0 unspecified atom stereocenters. The lowest BCUT2D eigenvalue weighted by molar-refractivity contribution is 0.414. The molecule has 0 saturated carbocycles. The van der Waals surface area contributed by atoms with Gasteiger partial charge in [0.05, 0.1) is 36.3 Å². The highest BCUT2D eigenvalue weighted by molar-refractivity contribution is 5.55. The van der Waals surface area contributed by atoms with Crippen LogP contribution in [0.25, 0.3) is 0 Å². The van der Waals surface area contributed by atoms with Crippen molar-refractivity contribution in [3.05, 3.63) is 52.4 Å². The number of hydrogen-bond acceptors (Lipinski definition) is 4. The third kappa shape index (κ3) is 2.24. The molecular weight excluding hydrogens is 250 g/mol. The molecule has 20 heavy (non-hydrogen) atoms. The Hall–Kier alpha value is -2.72. The van der Waals surface area contributed by atoms with Crippen LogP contribution in [0, 0.1) is 22.7 Å². The predicted molar refractivity (Wildman–Crippen MR) is 75.5 cm³/mol. The molecule has 0 spiro atoms. The summed E-state index contributed by atoms with van der Waals surface area (Å²) >= 11 is 0. The molecule has 4 heteroatoms. The quantitative estimate of drug-likeness (QED) is 0.892. The largest absolute Gasteiger partial charge is 0.497 e. The zero-order valence-corrected chi connectivity index (χ0v) is 11.7. The van der Waals surface area contributed by atoms with E-state index in [-0.39, 0.29) is 5.92 Å². The van der Waals surface area contributed by atoms with E-state index in [9.17, 15) is 10.5 Å². The molecule has 1 heterocycles. The van der Waals surface area contributed by atoms with E-state index < -0.39 is 0 Å². The number of rotatable bonds is 2. The summed E-state index contributed by atoms with van der Waals surface area (Å²) in [5.41, 5.74) is 3.67. The first-order valence-electron chi connectivity index (χ1n) is 6.25. The molecule has 0 saturated heterocycles. The van der Waals surface area contributed by atoms with E-state index in [0.717, 1.165) is 22.7 Å². The van der Waals surface area contributed by atoms with Gasteiger partial charge in [0.2, 0.25) is 0 Å². The summed E-state index contributed by atoms with van der Waals surface area (Å²) < 4.78 is 5.14. The molecule has 0 amide bonds. The minimum Gasteiger partial charge on any atom is -0.497 e. The number of benzene rings is 1. The fourth-order valence-corrected chi connectivity index (χ4v) is 2.42. The van der Waals surface area contributed by atoms with Gasteiger partial charge in [0.25, 0.3) is 0 Å². The molecule has 100 valence electrons. The van der Waals surface area contributed by atoms with Crippen molar-refractivity contribution < 1.29 is 4.74 Å². The monoisotopic (exact) mass is 265 g/mol. The van der Waals surface area contributed by atoms with Gasteiger partial charge in [0.15, 0.2) is 0 Å². The van der Waals surface area contributed by atoms with Crippen LogP contribution in [0.4, 0.5) is 0 Å². The number of allylic oxidation sites excluding steroid dienone is 4. The van der Waals surface area contributed by atoms with Gasteiger partial charge in [-0.25, -0.2) is 0 Å². The molecule has 2 rings (SSSR count). The highest BCUT2D eigenvalue weighted by Crippen LogP contribution is 2.37. The van der Waals surface area contributed by atoms with E-state index in [1.807, 2.05) is 38.1 Å². The minimum atomic E-state index is -0.308. The maximum Gasteiger partial charge on any atom is 0.118 e. The van der Waals surface area contributed by atoms with Crippen LogP contribution in [-0.4, -0.2) is 7.11 Å². The van der Waals surface area contributed by atoms with Crippen molar-refractivity contribution in [1.29, 1.82) is 10.5 Å². The van der Waals surface area contributed by atoms with Crippen LogP contribution < -0.4 is 10.1 Å². The lowest BCUT2D eigenvalue weighted by Crippen LogP contribution is -2.23. The molecular formula is C16H15N3O. The standard InChI is InChI=1S/C16H15N3O/c1-10-14(8-17)16(15(9-18)11(2)19-10)12-4-6-13(20-3)7-5-12/h4-7,16,19H,1-3H3. The van der Waals surface area contributed by atoms with Crippen molar-refractivity contribution in [2.24, 2.45) is 0 Å². The lowest BCUT2D eigenvalue weighted by Gasteiger charge is -2.26. The molecule has 0 bridgehead atoms. The number of nitriles is 2. The zero-order chi connectivity index (χ0) is 14.7. The van der Waals surface area contributed by atoms with Gasteiger partial charge in [0, 0.05) is 11.4 Å². The molecule has 1 aromatic carbocycles. The Balaban J connectivity index is 2.56. The van der Waals surface area contributed by atoms with Gasteiger partial charge < -0.3 is 10.1 Å². The highest BCUT2D eigenvalue weighted by Gasteiger charge is 2.29.